The first-order chi connectivity index (χ1) is 16.4. The smallest absolute Gasteiger partial charge is 0.323 e. The first kappa shape index (κ1) is 25.0. The van der Waals surface area contributed by atoms with E-state index < -0.39 is 18.0 Å². The van der Waals surface area contributed by atoms with Gasteiger partial charge >= 0.3 is 11.9 Å². The molecule has 0 aliphatic carbocycles. The minimum Gasteiger partial charge on any atom is -0.497 e. The zero-order valence-corrected chi connectivity index (χ0v) is 19.7. The van der Waals surface area contributed by atoms with Gasteiger partial charge in [0.1, 0.15) is 11.8 Å². The van der Waals surface area contributed by atoms with Gasteiger partial charge < -0.3 is 29.7 Å². The standard InChI is InChI=1S/C25H31N3O6/c1-32-21-10-4-17(5-11-21)24(30)27-18-6-8-20(9-7-18)28-14-12-19(13-15-28)26-22(25(31)34-3)16-23(29)33-2/h4-11,19,22,26H,12-16H2,1-3H3,(H,27,30)/t22-/m0/s1. The summed E-state index contributed by atoms with van der Waals surface area (Å²) in [4.78, 5) is 38.3. The molecule has 1 fully saturated rings. The summed E-state index contributed by atoms with van der Waals surface area (Å²) in [7, 11) is 4.19. The van der Waals surface area contributed by atoms with E-state index in [-0.39, 0.29) is 18.4 Å². The van der Waals surface area contributed by atoms with Crippen molar-refractivity contribution in [2.45, 2.75) is 31.3 Å². The molecule has 0 radical (unpaired) electrons. The number of nitrogens with one attached hydrogen (secondary N) is 2. The average Bonchev–Trinajstić information content (AvgIpc) is 2.88. The zero-order chi connectivity index (χ0) is 24.5. The summed E-state index contributed by atoms with van der Waals surface area (Å²) in [6, 6.07) is 14.0. The molecule has 182 valence electrons. The first-order valence-corrected chi connectivity index (χ1v) is 11.1. The molecule has 9 heteroatoms. The molecule has 0 spiro atoms. The number of hydrogen-bond donors (Lipinski definition) is 2. The maximum absolute atomic E-state index is 12.4. The fourth-order valence-corrected chi connectivity index (χ4v) is 3.89. The number of nitrogens with zero attached hydrogens (tertiary/aromatic N) is 1. The Bertz CT molecular complexity index is 969. The molecule has 1 aliphatic rings. The van der Waals surface area contributed by atoms with Gasteiger partial charge in [0, 0.05) is 36.1 Å². The maximum Gasteiger partial charge on any atom is 0.323 e. The SMILES string of the molecule is COC(=O)C[C@H](NC1CCN(c2ccc(NC(=O)c3ccc(OC)cc3)cc2)CC1)C(=O)OC. The number of rotatable bonds is 9. The number of carbonyl (C=O) groups is 3. The monoisotopic (exact) mass is 469 g/mol. The summed E-state index contributed by atoms with van der Waals surface area (Å²) in [5.41, 5.74) is 2.32. The molecule has 0 saturated carbocycles. The van der Waals surface area contributed by atoms with E-state index in [0.717, 1.165) is 31.6 Å². The van der Waals surface area contributed by atoms with E-state index in [2.05, 4.69) is 20.3 Å². The zero-order valence-electron chi connectivity index (χ0n) is 19.7. The van der Waals surface area contributed by atoms with Crippen molar-refractivity contribution >= 4 is 29.2 Å². The average molecular weight is 470 g/mol. The van der Waals surface area contributed by atoms with Gasteiger partial charge in [-0.15, -0.1) is 0 Å². The Hall–Kier alpha value is -3.59. The van der Waals surface area contributed by atoms with E-state index in [0.29, 0.717) is 17.0 Å². The highest BCUT2D eigenvalue weighted by molar-refractivity contribution is 6.04. The van der Waals surface area contributed by atoms with E-state index in [1.165, 1.54) is 14.2 Å². The lowest BCUT2D eigenvalue weighted by atomic mass is 10.0. The minimum absolute atomic E-state index is 0.0624. The van der Waals surface area contributed by atoms with Crippen LogP contribution in [0.25, 0.3) is 0 Å². The van der Waals surface area contributed by atoms with Crippen LogP contribution in [0.3, 0.4) is 0 Å². The van der Waals surface area contributed by atoms with Gasteiger partial charge in [0.2, 0.25) is 0 Å². The van der Waals surface area contributed by atoms with Crippen LogP contribution in [0.1, 0.15) is 29.6 Å². The van der Waals surface area contributed by atoms with Crippen molar-refractivity contribution in [3.63, 3.8) is 0 Å². The van der Waals surface area contributed by atoms with Gasteiger partial charge in [0.05, 0.1) is 27.8 Å². The lowest BCUT2D eigenvalue weighted by Gasteiger charge is -2.35. The lowest BCUT2D eigenvalue weighted by Crippen LogP contribution is -2.50. The molecule has 1 amide bonds. The van der Waals surface area contributed by atoms with E-state index in [1.807, 2.05) is 24.3 Å². The Morgan fingerprint density at radius 1 is 0.941 bits per heavy atom. The van der Waals surface area contributed by atoms with Crippen LogP contribution in [0.15, 0.2) is 48.5 Å². The predicted molar refractivity (Wildman–Crippen MR) is 128 cm³/mol. The molecule has 1 saturated heterocycles. The van der Waals surface area contributed by atoms with E-state index in [4.69, 9.17) is 9.47 Å². The molecule has 2 N–H and O–H groups in total. The van der Waals surface area contributed by atoms with Gasteiger partial charge in [-0.05, 0) is 61.4 Å². The summed E-state index contributed by atoms with van der Waals surface area (Å²) in [5.74, 6) is -0.418. The molecular formula is C25H31N3O6. The number of esters is 2. The number of benzene rings is 2. The third-order valence-electron chi connectivity index (χ3n) is 5.86. The van der Waals surface area contributed by atoms with Crippen LogP contribution < -0.4 is 20.3 Å². The number of ether oxygens (including phenoxy) is 3. The van der Waals surface area contributed by atoms with Crippen LogP contribution in [0, 0.1) is 0 Å². The largest absolute Gasteiger partial charge is 0.497 e. The summed E-state index contributed by atoms with van der Waals surface area (Å²) in [5, 5.41) is 6.14. The molecule has 3 rings (SSSR count). The maximum atomic E-state index is 12.4. The second kappa shape index (κ2) is 12.0. The Morgan fingerprint density at radius 2 is 1.59 bits per heavy atom. The van der Waals surface area contributed by atoms with E-state index >= 15 is 0 Å². The molecule has 0 unspecified atom stereocenters. The van der Waals surface area contributed by atoms with Crippen LogP contribution in [0.4, 0.5) is 11.4 Å². The Kier molecular flexibility index (Phi) is 8.86. The quantitative estimate of drug-likeness (QED) is 0.540. The number of carbonyl (C=O) groups excluding carboxylic acids is 3. The Balaban J connectivity index is 1.51. The number of anilines is 2. The Morgan fingerprint density at radius 3 is 2.15 bits per heavy atom. The summed E-state index contributed by atoms with van der Waals surface area (Å²) in [6.45, 7) is 1.59. The fourth-order valence-electron chi connectivity index (χ4n) is 3.89. The molecule has 0 bridgehead atoms. The predicted octanol–water partition coefficient (Wildman–Crippen LogP) is 2.61. The van der Waals surface area contributed by atoms with Crippen molar-refractivity contribution in [1.82, 2.24) is 5.32 Å². The minimum atomic E-state index is -0.720. The van der Waals surface area contributed by atoms with Crippen LogP contribution in [-0.4, -0.2) is 64.3 Å². The fraction of sp³-hybridized carbons (Fsp3) is 0.400. The van der Waals surface area contributed by atoms with Gasteiger partial charge in [-0.3, -0.25) is 14.4 Å². The summed E-state index contributed by atoms with van der Waals surface area (Å²) < 4.78 is 14.6. The lowest BCUT2D eigenvalue weighted by molar-refractivity contribution is -0.149. The summed E-state index contributed by atoms with van der Waals surface area (Å²) >= 11 is 0. The van der Waals surface area contributed by atoms with Crippen molar-refractivity contribution in [1.29, 1.82) is 0 Å². The second-order valence-corrected chi connectivity index (χ2v) is 8.01. The molecule has 1 aliphatic heterocycles. The molecule has 2 aromatic carbocycles. The molecule has 1 atom stereocenters. The van der Waals surface area contributed by atoms with Crippen LogP contribution in [-0.2, 0) is 19.1 Å². The molecule has 0 aromatic heterocycles. The number of hydrogen-bond acceptors (Lipinski definition) is 8. The van der Waals surface area contributed by atoms with Gasteiger partial charge in [-0.25, -0.2) is 0 Å². The van der Waals surface area contributed by atoms with Crippen molar-refractivity contribution in [2.24, 2.45) is 0 Å². The second-order valence-electron chi connectivity index (χ2n) is 8.01. The van der Waals surface area contributed by atoms with Gasteiger partial charge in [-0.1, -0.05) is 0 Å². The van der Waals surface area contributed by atoms with Gasteiger partial charge in [0.25, 0.3) is 5.91 Å². The van der Waals surface area contributed by atoms with E-state index in [1.54, 1.807) is 31.4 Å². The topological polar surface area (TPSA) is 106 Å². The molecule has 9 nitrogen and oxygen atoms in total. The molecular weight excluding hydrogens is 438 g/mol. The highest BCUT2D eigenvalue weighted by Crippen LogP contribution is 2.23. The van der Waals surface area contributed by atoms with Crippen molar-refractivity contribution in [2.75, 3.05) is 44.6 Å². The molecule has 1 heterocycles. The highest BCUT2D eigenvalue weighted by Gasteiger charge is 2.28. The van der Waals surface area contributed by atoms with Crippen molar-refractivity contribution in [3.05, 3.63) is 54.1 Å². The van der Waals surface area contributed by atoms with E-state index in [9.17, 15) is 14.4 Å². The third kappa shape index (κ3) is 6.71. The van der Waals surface area contributed by atoms with Gasteiger partial charge in [0.15, 0.2) is 0 Å². The molecule has 34 heavy (non-hydrogen) atoms. The Labute approximate surface area is 199 Å². The normalized spacial score (nSPS) is 14.7. The van der Waals surface area contributed by atoms with Gasteiger partial charge in [-0.2, -0.15) is 0 Å². The van der Waals surface area contributed by atoms with Crippen molar-refractivity contribution in [3.8, 4) is 5.75 Å². The van der Waals surface area contributed by atoms with Crippen LogP contribution in [0.2, 0.25) is 0 Å². The highest BCUT2D eigenvalue weighted by atomic mass is 16.5. The third-order valence-corrected chi connectivity index (χ3v) is 5.86. The first-order valence-electron chi connectivity index (χ1n) is 11.1. The number of piperidine rings is 1. The van der Waals surface area contributed by atoms with Crippen LogP contribution in [0.5, 0.6) is 5.75 Å². The number of methoxy groups -OCH3 is 3. The van der Waals surface area contributed by atoms with Crippen molar-refractivity contribution < 1.29 is 28.6 Å². The van der Waals surface area contributed by atoms with Crippen LogP contribution >= 0.6 is 0 Å². The molecule has 2 aromatic rings. The summed E-state index contributed by atoms with van der Waals surface area (Å²) in [6.07, 6.45) is 1.56. The number of amides is 1.